The van der Waals surface area contributed by atoms with Crippen LogP contribution in [-0.4, -0.2) is 60.8 Å². The molecule has 0 saturated carbocycles. The lowest BCUT2D eigenvalue weighted by molar-refractivity contribution is -0.376. The fourth-order valence-electron chi connectivity index (χ4n) is 3.70. The van der Waals surface area contributed by atoms with E-state index in [1.165, 1.54) is 16.4 Å². The van der Waals surface area contributed by atoms with Crippen LogP contribution in [0, 0.1) is 11.8 Å². The predicted octanol–water partition coefficient (Wildman–Crippen LogP) is 3.27. The molecule has 7 nitrogen and oxygen atoms in total. The van der Waals surface area contributed by atoms with Crippen molar-refractivity contribution in [3.63, 3.8) is 0 Å². The Labute approximate surface area is 203 Å². The minimum atomic E-state index is -6.00. The summed E-state index contributed by atoms with van der Waals surface area (Å²) in [7, 11) is -3.96. The molecule has 1 saturated heterocycles. The molecule has 1 aromatic carbocycles. The Hall–Kier alpha value is -3.02. The molecule has 14 heteroatoms. The Morgan fingerprint density at radius 3 is 2.17 bits per heavy atom. The molecule has 1 atom stereocenters. The molecule has 0 spiro atoms. The van der Waals surface area contributed by atoms with Gasteiger partial charge in [0, 0.05) is 43.5 Å². The SMILES string of the molecule is CCC#C[C@H]1CN(S(=O)(=O)c2ccc(N)nc2)CCN1c1ccc(C(O)(C(F)(F)F)C(F)(F)F)cc1. The van der Waals surface area contributed by atoms with Crippen molar-refractivity contribution >= 4 is 21.5 Å². The van der Waals surface area contributed by atoms with Crippen LogP contribution in [0.4, 0.5) is 37.8 Å². The third-order valence-corrected chi connectivity index (χ3v) is 7.47. The van der Waals surface area contributed by atoms with E-state index in [2.05, 4.69) is 16.8 Å². The van der Waals surface area contributed by atoms with Gasteiger partial charge in [0.05, 0.1) is 0 Å². The minimum absolute atomic E-state index is 0.0339. The molecule has 0 amide bonds. The molecule has 196 valence electrons. The first-order valence-corrected chi connectivity index (χ1v) is 12.0. The number of anilines is 2. The molecule has 3 rings (SSSR count). The van der Waals surface area contributed by atoms with Gasteiger partial charge in [0.15, 0.2) is 0 Å². The number of nitrogens with two attached hydrogens (primary N) is 1. The highest BCUT2D eigenvalue weighted by atomic mass is 32.2. The largest absolute Gasteiger partial charge is 0.430 e. The van der Waals surface area contributed by atoms with E-state index >= 15 is 0 Å². The zero-order valence-corrected chi connectivity index (χ0v) is 19.6. The lowest BCUT2D eigenvalue weighted by Crippen LogP contribution is -2.55. The molecule has 2 aromatic rings. The second-order valence-electron chi connectivity index (χ2n) is 7.92. The average Bonchev–Trinajstić information content (AvgIpc) is 2.81. The van der Waals surface area contributed by atoms with E-state index < -0.39 is 39.6 Å². The van der Waals surface area contributed by atoms with Crippen LogP contribution in [0.5, 0.6) is 0 Å². The number of halogens is 6. The van der Waals surface area contributed by atoms with Crippen molar-refractivity contribution in [3.05, 3.63) is 48.2 Å². The van der Waals surface area contributed by atoms with Crippen molar-refractivity contribution in [2.24, 2.45) is 0 Å². The number of aromatic nitrogens is 1. The number of sulfonamides is 1. The molecule has 36 heavy (non-hydrogen) atoms. The topological polar surface area (TPSA) is 99.8 Å². The number of aliphatic hydroxyl groups is 1. The first-order chi connectivity index (χ1) is 16.6. The van der Waals surface area contributed by atoms with Crippen molar-refractivity contribution < 1.29 is 39.9 Å². The molecule has 1 aliphatic heterocycles. The van der Waals surface area contributed by atoms with E-state index in [9.17, 15) is 39.9 Å². The summed E-state index contributed by atoms with van der Waals surface area (Å²) in [5.74, 6) is 5.87. The van der Waals surface area contributed by atoms with Gasteiger partial charge in [0.25, 0.3) is 5.60 Å². The number of benzene rings is 1. The second kappa shape index (κ2) is 9.79. The minimum Gasteiger partial charge on any atom is -0.384 e. The maximum absolute atomic E-state index is 13.2. The summed E-state index contributed by atoms with van der Waals surface area (Å²) in [5.41, 5.74) is -0.708. The summed E-state index contributed by atoms with van der Waals surface area (Å²) in [6, 6.07) is 5.00. The normalized spacial score (nSPS) is 18.0. The molecule has 1 aliphatic rings. The molecule has 3 N–H and O–H groups in total. The van der Waals surface area contributed by atoms with Crippen molar-refractivity contribution in [2.45, 2.75) is 42.2 Å². The van der Waals surface area contributed by atoms with Crippen LogP contribution in [0.25, 0.3) is 0 Å². The van der Waals surface area contributed by atoms with E-state index in [0.29, 0.717) is 18.6 Å². The van der Waals surface area contributed by atoms with Crippen LogP contribution >= 0.6 is 0 Å². The third kappa shape index (κ3) is 5.09. The summed E-state index contributed by atoms with van der Waals surface area (Å²) in [6.45, 7) is 1.66. The summed E-state index contributed by atoms with van der Waals surface area (Å²) >= 11 is 0. The molecule has 0 unspecified atom stereocenters. The number of pyridine rings is 1. The summed E-state index contributed by atoms with van der Waals surface area (Å²) in [5, 5.41) is 9.60. The van der Waals surface area contributed by atoms with Gasteiger partial charge in [-0.2, -0.15) is 30.6 Å². The standard InChI is InChI=1S/C22H22F6N4O3S/c1-2-3-4-17-14-31(36(34,35)18-9-10-19(29)30-13-18)11-12-32(17)16-7-5-15(6-8-16)20(33,21(23,24)25)22(26,27)28/h5-10,13,17,33H,2,11-12,14H2,1H3,(H2,29,30)/t17-/m0/s1. The van der Waals surface area contributed by atoms with E-state index in [1.54, 1.807) is 11.8 Å². The monoisotopic (exact) mass is 536 g/mol. The van der Waals surface area contributed by atoms with Crippen LogP contribution in [0.2, 0.25) is 0 Å². The number of nitrogens with zero attached hydrogens (tertiary/aromatic N) is 3. The van der Waals surface area contributed by atoms with E-state index in [-0.39, 0.29) is 36.0 Å². The maximum Gasteiger partial charge on any atom is 0.430 e. The molecular weight excluding hydrogens is 514 g/mol. The number of piperazine rings is 1. The lowest BCUT2D eigenvalue weighted by atomic mass is 9.92. The number of hydrogen-bond acceptors (Lipinski definition) is 6. The van der Waals surface area contributed by atoms with Crippen molar-refractivity contribution in [3.8, 4) is 11.8 Å². The smallest absolute Gasteiger partial charge is 0.384 e. The van der Waals surface area contributed by atoms with Gasteiger partial charge in [0.1, 0.15) is 16.8 Å². The number of hydrogen-bond donors (Lipinski definition) is 2. The van der Waals surface area contributed by atoms with Gasteiger partial charge in [-0.05, 0) is 24.3 Å². The van der Waals surface area contributed by atoms with Crippen molar-refractivity contribution in [1.82, 2.24) is 9.29 Å². The first-order valence-electron chi connectivity index (χ1n) is 10.6. The highest BCUT2D eigenvalue weighted by Gasteiger charge is 2.71. The molecule has 0 radical (unpaired) electrons. The fraction of sp³-hybridized carbons (Fsp3) is 0.409. The number of nitrogen functional groups attached to an aromatic ring is 1. The summed E-state index contributed by atoms with van der Waals surface area (Å²) < 4.78 is 106. The highest BCUT2D eigenvalue weighted by Crippen LogP contribution is 2.50. The Kier molecular flexibility index (Phi) is 7.50. The molecule has 0 bridgehead atoms. The van der Waals surface area contributed by atoms with E-state index in [1.807, 2.05) is 0 Å². The maximum atomic E-state index is 13.2. The highest BCUT2D eigenvalue weighted by molar-refractivity contribution is 7.89. The zero-order valence-electron chi connectivity index (χ0n) is 18.8. The van der Waals surface area contributed by atoms with Crippen molar-refractivity contribution in [2.75, 3.05) is 30.3 Å². The average molecular weight is 536 g/mol. The van der Waals surface area contributed by atoms with Gasteiger partial charge in [-0.25, -0.2) is 13.4 Å². The molecule has 1 fully saturated rings. The predicted molar refractivity (Wildman–Crippen MR) is 119 cm³/mol. The Morgan fingerprint density at radius 1 is 1.06 bits per heavy atom. The van der Waals surface area contributed by atoms with E-state index in [0.717, 1.165) is 18.3 Å². The van der Waals surface area contributed by atoms with Crippen LogP contribution in [0.3, 0.4) is 0 Å². The molecule has 2 heterocycles. The Morgan fingerprint density at radius 2 is 1.67 bits per heavy atom. The molecule has 1 aromatic heterocycles. The quantitative estimate of drug-likeness (QED) is 0.460. The van der Waals surface area contributed by atoms with Gasteiger partial charge in [0.2, 0.25) is 10.0 Å². The van der Waals surface area contributed by atoms with Gasteiger partial charge < -0.3 is 15.7 Å². The fourth-order valence-corrected chi connectivity index (χ4v) is 5.09. The summed E-state index contributed by atoms with van der Waals surface area (Å²) in [4.78, 5) is 5.28. The van der Waals surface area contributed by atoms with Crippen LogP contribution in [0.1, 0.15) is 18.9 Å². The van der Waals surface area contributed by atoms with Crippen LogP contribution < -0.4 is 10.6 Å². The lowest BCUT2D eigenvalue weighted by Gasteiger charge is -2.40. The number of rotatable bonds is 4. The summed E-state index contributed by atoms with van der Waals surface area (Å²) in [6.07, 6.45) is -10.5. The van der Waals surface area contributed by atoms with Gasteiger partial charge >= 0.3 is 12.4 Å². The van der Waals surface area contributed by atoms with Gasteiger partial charge in [-0.15, -0.1) is 5.92 Å². The number of alkyl halides is 6. The van der Waals surface area contributed by atoms with Crippen LogP contribution in [0.15, 0.2) is 47.5 Å². The van der Waals surface area contributed by atoms with E-state index in [4.69, 9.17) is 5.73 Å². The Balaban J connectivity index is 1.92. The van der Waals surface area contributed by atoms with Gasteiger partial charge in [-0.3, -0.25) is 0 Å². The third-order valence-electron chi connectivity index (χ3n) is 5.62. The van der Waals surface area contributed by atoms with Crippen molar-refractivity contribution in [1.29, 1.82) is 0 Å². The zero-order chi connectivity index (χ0) is 26.9. The van der Waals surface area contributed by atoms with Gasteiger partial charge in [-0.1, -0.05) is 25.0 Å². The van der Waals surface area contributed by atoms with Crippen LogP contribution in [-0.2, 0) is 15.6 Å². The molecule has 0 aliphatic carbocycles. The second-order valence-corrected chi connectivity index (χ2v) is 9.86. The molecular formula is C22H22F6N4O3S. The Bertz CT molecular complexity index is 1220. The first kappa shape index (κ1) is 27.6.